The van der Waals surface area contributed by atoms with Gasteiger partial charge in [0.2, 0.25) is 10.0 Å². The lowest BCUT2D eigenvalue weighted by Gasteiger charge is -2.26. The minimum absolute atomic E-state index is 0.457. The predicted molar refractivity (Wildman–Crippen MR) is 78.1 cm³/mol. The van der Waals surface area contributed by atoms with E-state index in [-0.39, 0.29) is 0 Å². The Labute approximate surface area is 115 Å². The summed E-state index contributed by atoms with van der Waals surface area (Å²) in [5.41, 5.74) is -0.561. The van der Waals surface area contributed by atoms with Crippen LogP contribution in [-0.2, 0) is 10.0 Å². The largest absolute Gasteiger partial charge is 0.361 e. The summed E-state index contributed by atoms with van der Waals surface area (Å²) in [6.07, 6.45) is 5.98. The fourth-order valence-corrected chi connectivity index (χ4v) is 3.46. The van der Waals surface area contributed by atoms with Gasteiger partial charge >= 0.3 is 0 Å². The van der Waals surface area contributed by atoms with Gasteiger partial charge in [-0.05, 0) is 38.9 Å². The first-order valence-corrected chi connectivity index (χ1v) is 8.51. The Kier molecular flexibility index (Phi) is 5.36. The lowest BCUT2D eigenvalue weighted by atomic mass is 10.1. The summed E-state index contributed by atoms with van der Waals surface area (Å²) in [5.74, 6) is 0. The van der Waals surface area contributed by atoms with E-state index in [0.29, 0.717) is 17.7 Å². The normalized spacial score (nSPS) is 17.7. The van der Waals surface area contributed by atoms with Gasteiger partial charge in [0, 0.05) is 18.1 Å². The van der Waals surface area contributed by atoms with Crippen molar-refractivity contribution in [3.63, 3.8) is 0 Å². The molecule has 0 aromatic heterocycles. The first-order chi connectivity index (χ1) is 8.18. The van der Waals surface area contributed by atoms with Crippen molar-refractivity contribution in [2.24, 2.45) is 0 Å². The molecule has 1 aliphatic rings. The van der Waals surface area contributed by atoms with Crippen LogP contribution >= 0.6 is 12.2 Å². The molecule has 1 rings (SSSR count). The van der Waals surface area contributed by atoms with Crippen molar-refractivity contribution in [2.75, 3.05) is 12.8 Å². The second-order valence-electron chi connectivity index (χ2n) is 5.57. The summed E-state index contributed by atoms with van der Waals surface area (Å²) < 4.78 is 24.9. The minimum atomic E-state index is -3.21. The second kappa shape index (κ2) is 6.16. The van der Waals surface area contributed by atoms with E-state index in [1.807, 2.05) is 13.8 Å². The van der Waals surface area contributed by atoms with E-state index in [2.05, 4.69) is 15.4 Å². The van der Waals surface area contributed by atoms with Crippen LogP contribution in [0, 0.1) is 0 Å². The van der Waals surface area contributed by atoms with E-state index in [0.717, 1.165) is 19.1 Å². The van der Waals surface area contributed by atoms with Crippen LogP contribution in [0.2, 0.25) is 0 Å². The van der Waals surface area contributed by atoms with Crippen molar-refractivity contribution in [2.45, 2.75) is 51.1 Å². The molecule has 1 aliphatic carbocycles. The molecule has 106 valence electrons. The van der Waals surface area contributed by atoms with Gasteiger partial charge in [0.15, 0.2) is 5.11 Å². The van der Waals surface area contributed by atoms with Gasteiger partial charge in [-0.3, -0.25) is 0 Å². The summed E-state index contributed by atoms with van der Waals surface area (Å²) >= 11 is 5.20. The quantitative estimate of drug-likeness (QED) is 0.652. The van der Waals surface area contributed by atoms with Crippen molar-refractivity contribution < 1.29 is 8.42 Å². The van der Waals surface area contributed by atoms with Crippen LogP contribution in [0.1, 0.15) is 39.5 Å². The van der Waals surface area contributed by atoms with E-state index >= 15 is 0 Å². The molecule has 0 aliphatic heterocycles. The van der Waals surface area contributed by atoms with E-state index in [4.69, 9.17) is 12.2 Å². The Bertz CT molecular complexity index is 387. The molecular weight excluding hydrogens is 270 g/mol. The molecule has 0 spiro atoms. The summed E-state index contributed by atoms with van der Waals surface area (Å²) in [4.78, 5) is 0. The lowest BCUT2D eigenvalue weighted by molar-refractivity contribution is 0.446. The zero-order valence-electron chi connectivity index (χ0n) is 11.2. The fourth-order valence-electron chi connectivity index (χ4n) is 2.15. The van der Waals surface area contributed by atoms with Crippen molar-refractivity contribution in [1.29, 1.82) is 0 Å². The first-order valence-electron chi connectivity index (χ1n) is 6.21. The van der Waals surface area contributed by atoms with Gasteiger partial charge in [0.25, 0.3) is 0 Å². The molecule has 3 N–H and O–H groups in total. The van der Waals surface area contributed by atoms with Gasteiger partial charge in [0.05, 0.1) is 6.26 Å². The van der Waals surface area contributed by atoms with Crippen molar-refractivity contribution in [3.05, 3.63) is 0 Å². The van der Waals surface area contributed by atoms with Crippen molar-refractivity contribution >= 4 is 27.4 Å². The maximum absolute atomic E-state index is 11.2. The molecule has 0 aromatic carbocycles. The van der Waals surface area contributed by atoms with Crippen LogP contribution in [0.3, 0.4) is 0 Å². The third kappa shape index (κ3) is 6.51. The van der Waals surface area contributed by atoms with E-state index in [1.54, 1.807) is 0 Å². The highest BCUT2D eigenvalue weighted by Crippen LogP contribution is 2.17. The zero-order chi connectivity index (χ0) is 13.8. The van der Waals surface area contributed by atoms with Crippen LogP contribution in [0.15, 0.2) is 0 Å². The first kappa shape index (κ1) is 15.7. The molecule has 7 heteroatoms. The summed E-state index contributed by atoms with van der Waals surface area (Å²) in [7, 11) is -3.21. The third-order valence-electron chi connectivity index (χ3n) is 2.84. The molecule has 0 unspecified atom stereocenters. The molecular formula is C11H23N3O2S2. The SMILES string of the molecule is CC(C)(CNC(=S)NC1CCCC1)NS(C)(=O)=O. The standard InChI is InChI=1S/C11H23N3O2S2/c1-11(2,14-18(3,15)16)8-12-10(17)13-9-6-4-5-7-9/h9,14H,4-8H2,1-3H3,(H2,12,13,17). The van der Waals surface area contributed by atoms with Gasteiger partial charge in [0.1, 0.15) is 0 Å². The van der Waals surface area contributed by atoms with E-state index in [1.165, 1.54) is 12.8 Å². The van der Waals surface area contributed by atoms with Crippen LogP contribution < -0.4 is 15.4 Å². The molecule has 5 nitrogen and oxygen atoms in total. The zero-order valence-corrected chi connectivity index (χ0v) is 12.9. The molecule has 18 heavy (non-hydrogen) atoms. The van der Waals surface area contributed by atoms with E-state index < -0.39 is 15.6 Å². The Balaban J connectivity index is 2.32. The molecule has 1 saturated carbocycles. The minimum Gasteiger partial charge on any atom is -0.361 e. The molecule has 0 saturated heterocycles. The third-order valence-corrected chi connectivity index (χ3v) is 4.03. The average Bonchev–Trinajstić information content (AvgIpc) is 2.64. The van der Waals surface area contributed by atoms with Gasteiger partial charge < -0.3 is 10.6 Å². The van der Waals surface area contributed by atoms with Gasteiger partial charge in [-0.1, -0.05) is 12.8 Å². The monoisotopic (exact) mass is 293 g/mol. The molecule has 0 aromatic rings. The number of hydrogen-bond acceptors (Lipinski definition) is 3. The average molecular weight is 293 g/mol. The maximum Gasteiger partial charge on any atom is 0.209 e. The fraction of sp³-hybridized carbons (Fsp3) is 0.909. The summed E-state index contributed by atoms with van der Waals surface area (Å²) in [6, 6.07) is 0.468. The van der Waals surface area contributed by atoms with Gasteiger partial charge in [-0.15, -0.1) is 0 Å². The molecule has 1 fully saturated rings. The van der Waals surface area contributed by atoms with Crippen LogP contribution in [0.5, 0.6) is 0 Å². The number of thiocarbonyl (C=S) groups is 1. The van der Waals surface area contributed by atoms with Crippen molar-refractivity contribution in [1.82, 2.24) is 15.4 Å². The highest BCUT2D eigenvalue weighted by Gasteiger charge is 2.22. The van der Waals surface area contributed by atoms with Crippen LogP contribution in [-0.4, -0.2) is 37.9 Å². The number of nitrogens with one attached hydrogen (secondary N) is 3. The lowest BCUT2D eigenvalue weighted by Crippen LogP contribution is -2.53. The highest BCUT2D eigenvalue weighted by molar-refractivity contribution is 7.88. The van der Waals surface area contributed by atoms with Crippen LogP contribution in [0.25, 0.3) is 0 Å². The predicted octanol–water partition coefficient (Wildman–Crippen LogP) is 0.721. The highest BCUT2D eigenvalue weighted by atomic mass is 32.2. The van der Waals surface area contributed by atoms with Crippen LogP contribution in [0.4, 0.5) is 0 Å². The second-order valence-corrected chi connectivity index (χ2v) is 7.72. The molecule has 0 radical (unpaired) electrons. The molecule has 0 heterocycles. The smallest absolute Gasteiger partial charge is 0.209 e. The number of hydrogen-bond donors (Lipinski definition) is 3. The number of sulfonamides is 1. The Morgan fingerprint density at radius 3 is 2.39 bits per heavy atom. The molecule has 0 bridgehead atoms. The van der Waals surface area contributed by atoms with Gasteiger partial charge in [-0.25, -0.2) is 13.1 Å². The van der Waals surface area contributed by atoms with Gasteiger partial charge in [-0.2, -0.15) is 0 Å². The van der Waals surface area contributed by atoms with Crippen molar-refractivity contribution in [3.8, 4) is 0 Å². The molecule has 0 atom stereocenters. The van der Waals surface area contributed by atoms with E-state index in [9.17, 15) is 8.42 Å². The Hall–Kier alpha value is -0.400. The summed E-state index contributed by atoms with van der Waals surface area (Å²) in [6.45, 7) is 4.09. The summed E-state index contributed by atoms with van der Waals surface area (Å²) in [5, 5.41) is 6.93. The topological polar surface area (TPSA) is 70.2 Å². The number of rotatable bonds is 5. The molecule has 0 amide bonds. The Morgan fingerprint density at radius 1 is 1.33 bits per heavy atom. The Morgan fingerprint density at radius 2 is 1.89 bits per heavy atom. The maximum atomic E-state index is 11.2.